The first-order valence-corrected chi connectivity index (χ1v) is 7.08. The largest absolute Gasteiger partial charge is 0.444 e. The number of carbonyl (C=O) groups excluding carboxylic acids is 1. The van der Waals surface area contributed by atoms with Crippen molar-refractivity contribution in [1.82, 2.24) is 4.90 Å². The summed E-state index contributed by atoms with van der Waals surface area (Å²) in [6.45, 7) is 6.13. The van der Waals surface area contributed by atoms with Gasteiger partial charge in [0, 0.05) is 12.5 Å². The number of nitrogens with zero attached hydrogens (tertiary/aromatic N) is 1. The summed E-state index contributed by atoms with van der Waals surface area (Å²) in [6.07, 6.45) is 0.518. The molecule has 20 heavy (non-hydrogen) atoms. The summed E-state index contributed by atoms with van der Waals surface area (Å²) in [5.74, 6) is 0.175. The number of amides is 1. The van der Waals surface area contributed by atoms with E-state index in [1.54, 1.807) is 4.90 Å². The van der Waals surface area contributed by atoms with E-state index >= 15 is 0 Å². The maximum absolute atomic E-state index is 12.2. The van der Waals surface area contributed by atoms with Crippen LogP contribution in [0.4, 0.5) is 4.79 Å². The van der Waals surface area contributed by atoms with Gasteiger partial charge in [0.05, 0.1) is 12.6 Å². The van der Waals surface area contributed by atoms with Gasteiger partial charge in [-0.15, -0.1) is 0 Å². The van der Waals surface area contributed by atoms with Gasteiger partial charge in [0.25, 0.3) is 0 Å². The Morgan fingerprint density at radius 2 is 2.00 bits per heavy atom. The number of aliphatic hydroxyl groups excluding tert-OH is 1. The highest BCUT2D eigenvalue weighted by Crippen LogP contribution is 2.34. The molecule has 1 aliphatic heterocycles. The second-order valence-electron chi connectivity index (χ2n) is 6.23. The van der Waals surface area contributed by atoms with E-state index in [4.69, 9.17) is 4.74 Å². The Morgan fingerprint density at radius 1 is 1.35 bits per heavy atom. The average molecular weight is 277 g/mol. The van der Waals surface area contributed by atoms with E-state index in [1.807, 2.05) is 51.1 Å². The van der Waals surface area contributed by atoms with E-state index in [9.17, 15) is 9.90 Å². The van der Waals surface area contributed by atoms with Crippen molar-refractivity contribution in [2.45, 2.75) is 44.8 Å². The van der Waals surface area contributed by atoms with Gasteiger partial charge in [-0.2, -0.15) is 0 Å². The summed E-state index contributed by atoms with van der Waals surface area (Å²) in [4.78, 5) is 13.9. The molecular formula is C16H23NO3. The fourth-order valence-corrected chi connectivity index (χ4v) is 2.72. The van der Waals surface area contributed by atoms with Crippen LogP contribution in [0.25, 0.3) is 0 Å². The minimum Gasteiger partial charge on any atom is -0.444 e. The zero-order chi connectivity index (χ0) is 14.8. The molecule has 1 fully saturated rings. The summed E-state index contributed by atoms with van der Waals surface area (Å²) < 4.78 is 5.41. The number of rotatable bonds is 2. The van der Waals surface area contributed by atoms with E-state index in [0.717, 1.165) is 12.0 Å². The second kappa shape index (κ2) is 5.83. The van der Waals surface area contributed by atoms with Crippen LogP contribution in [0, 0.1) is 0 Å². The minimum absolute atomic E-state index is 0.0429. The number of hydrogen-bond acceptors (Lipinski definition) is 3. The zero-order valence-electron chi connectivity index (χ0n) is 12.4. The smallest absolute Gasteiger partial charge is 0.410 e. The zero-order valence-corrected chi connectivity index (χ0v) is 12.4. The van der Waals surface area contributed by atoms with Crippen LogP contribution >= 0.6 is 0 Å². The third-order valence-corrected chi connectivity index (χ3v) is 3.59. The number of ether oxygens (including phenoxy) is 1. The highest BCUT2D eigenvalue weighted by atomic mass is 16.6. The molecule has 110 valence electrons. The van der Waals surface area contributed by atoms with Crippen molar-refractivity contribution in [3.05, 3.63) is 35.9 Å². The molecule has 4 nitrogen and oxygen atoms in total. The van der Waals surface area contributed by atoms with Crippen molar-refractivity contribution in [2.75, 3.05) is 13.2 Å². The Morgan fingerprint density at radius 3 is 2.55 bits per heavy atom. The van der Waals surface area contributed by atoms with Gasteiger partial charge in [0.2, 0.25) is 0 Å². The van der Waals surface area contributed by atoms with Gasteiger partial charge in [0.1, 0.15) is 5.60 Å². The van der Waals surface area contributed by atoms with Gasteiger partial charge >= 0.3 is 6.09 Å². The van der Waals surface area contributed by atoms with Crippen molar-refractivity contribution < 1.29 is 14.6 Å². The Kier molecular flexibility index (Phi) is 4.33. The number of likely N-dealkylation sites (tertiary alicyclic amines) is 1. The molecule has 0 aliphatic carbocycles. The molecule has 1 heterocycles. The highest BCUT2D eigenvalue weighted by molar-refractivity contribution is 5.69. The normalized spacial score (nSPS) is 22.9. The molecule has 1 aliphatic rings. The van der Waals surface area contributed by atoms with Crippen LogP contribution in [0.1, 0.15) is 38.7 Å². The van der Waals surface area contributed by atoms with Gasteiger partial charge in [-0.1, -0.05) is 30.3 Å². The lowest BCUT2D eigenvalue weighted by atomic mass is 9.92. The Balaban J connectivity index is 2.12. The third-order valence-electron chi connectivity index (χ3n) is 3.59. The van der Waals surface area contributed by atoms with E-state index in [-0.39, 0.29) is 24.7 Å². The Labute approximate surface area is 120 Å². The standard InChI is InChI=1S/C16H23NO3/c1-16(2,3)20-15(19)17-10-9-13(14(17)11-18)12-7-5-4-6-8-12/h4-8,13-14,18H,9-11H2,1-3H3/t13-,14+/m0/s1. The summed E-state index contributed by atoms with van der Waals surface area (Å²) in [5, 5.41) is 9.67. The molecule has 4 heteroatoms. The van der Waals surface area contributed by atoms with Crippen LogP contribution in [0.15, 0.2) is 30.3 Å². The highest BCUT2D eigenvalue weighted by Gasteiger charge is 2.39. The Bertz CT molecular complexity index is 453. The van der Waals surface area contributed by atoms with Crippen LogP contribution in [0.3, 0.4) is 0 Å². The predicted molar refractivity (Wildman–Crippen MR) is 77.6 cm³/mol. The quantitative estimate of drug-likeness (QED) is 0.904. The SMILES string of the molecule is CC(C)(C)OC(=O)N1CC[C@@H](c2ccccc2)[C@H]1CO. The molecule has 0 spiro atoms. The number of benzene rings is 1. The maximum Gasteiger partial charge on any atom is 0.410 e. The summed E-state index contributed by atoms with van der Waals surface area (Å²) in [7, 11) is 0. The molecule has 1 saturated heterocycles. The molecule has 2 atom stereocenters. The summed E-state index contributed by atoms with van der Waals surface area (Å²) >= 11 is 0. The first-order valence-electron chi connectivity index (χ1n) is 7.08. The third kappa shape index (κ3) is 3.31. The van der Waals surface area contributed by atoms with Crippen molar-refractivity contribution in [1.29, 1.82) is 0 Å². The summed E-state index contributed by atoms with van der Waals surface area (Å²) in [5.41, 5.74) is 0.652. The predicted octanol–water partition coefficient (Wildman–Crippen LogP) is 2.77. The minimum atomic E-state index is -0.512. The first-order chi connectivity index (χ1) is 9.42. The van der Waals surface area contributed by atoms with Crippen molar-refractivity contribution in [3.8, 4) is 0 Å². The first kappa shape index (κ1) is 14.9. The van der Waals surface area contributed by atoms with Crippen molar-refractivity contribution in [2.24, 2.45) is 0 Å². The fraction of sp³-hybridized carbons (Fsp3) is 0.562. The fourth-order valence-electron chi connectivity index (χ4n) is 2.72. The van der Waals surface area contributed by atoms with Crippen LogP contribution < -0.4 is 0 Å². The molecule has 1 aromatic rings. The van der Waals surface area contributed by atoms with E-state index in [1.165, 1.54) is 0 Å². The van der Waals surface area contributed by atoms with Gasteiger partial charge < -0.3 is 14.7 Å². The molecule has 0 radical (unpaired) electrons. The molecular weight excluding hydrogens is 254 g/mol. The van der Waals surface area contributed by atoms with Gasteiger partial charge in [-0.25, -0.2) is 4.79 Å². The van der Waals surface area contributed by atoms with E-state index in [0.29, 0.717) is 6.54 Å². The van der Waals surface area contributed by atoms with E-state index in [2.05, 4.69) is 0 Å². The number of aliphatic hydroxyl groups is 1. The van der Waals surface area contributed by atoms with E-state index < -0.39 is 5.60 Å². The Hall–Kier alpha value is -1.55. The van der Waals surface area contributed by atoms with Crippen LogP contribution in [-0.4, -0.2) is 40.9 Å². The van der Waals surface area contributed by atoms with Crippen LogP contribution in [0.5, 0.6) is 0 Å². The van der Waals surface area contributed by atoms with Crippen molar-refractivity contribution in [3.63, 3.8) is 0 Å². The topological polar surface area (TPSA) is 49.8 Å². The van der Waals surface area contributed by atoms with Crippen molar-refractivity contribution >= 4 is 6.09 Å². The lowest BCUT2D eigenvalue weighted by molar-refractivity contribution is 0.0165. The van der Waals surface area contributed by atoms with Gasteiger partial charge in [0.15, 0.2) is 0 Å². The van der Waals surface area contributed by atoms with Crippen LogP contribution in [0.2, 0.25) is 0 Å². The molecule has 0 aromatic heterocycles. The second-order valence-corrected chi connectivity index (χ2v) is 6.23. The molecule has 0 bridgehead atoms. The summed E-state index contributed by atoms with van der Waals surface area (Å²) in [6, 6.07) is 9.84. The molecule has 1 N–H and O–H groups in total. The molecule has 1 aromatic carbocycles. The monoisotopic (exact) mass is 277 g/mol. The number of hydrogen-bond donors (Lipinski definition) is 1. The van der Waals surface area contributed by atoms with Gasteiger partial charge in [-0.05, 0) is 32.8 Å². The van der Waals surface area contributed by atoms with Gasteiger partial charge in [-0.3, -0.25) is 0 Å². The van der Waals surface area contributed by atoms with Crippen LogP contribution in [-0.2, 0) is 4.74 Å². The molecule has 2 rings (SSSR count). The lowest BCUT2D eigenvalue weighted by Crippen LogP contribution is -2.42. The molecule has 0 unspecified atom stereocenters. The average Bonchev–Trinajstić information content (AvgIpc) is 2.81. The maximum atomic E-state index is 12.2. The molecule has 1 amide bonds. The molecule has 0 saturated carbocycles. The number of carbonyl (C=O) groups is 1. The lowest BCUT2D eigenvalue weighted by Gasteiger charge is -2.29.